The summed E-state index contributed by atoms with van der Waals surface area (Å²) in [6, 6.07) is 1.50. The minimum absolute atomic E-state index is 0.0286. The van der Waals surface area contributed by atoms with Crippen molar-refractivity contribution in [3.05, 3.63) is 23.6 Å². The number of nitrogens with zero attached hydrogens (tertiary/aromatic N) is 2. The van der Waals surface area contributed by atoms with Crippen LogP contribution in [0.1, 0.15) is 39.2 Å². The molecule has 5 heteroatoms. The van der Waals surface area contributed by atoms with Crippen molar-refractivity contribution in [2.75, 3.05) is 26.2 Å². The highest BCUT2D eigenvalue weighted by molar-refractivity contribution is 5.26. The standard InChI is InChI=1S/C16H26FN3O/c1-16(2,3)19-11-13-10-14(17)12-18-15(13)21-9-8-20-6-4-5-7-20/h10,12,19H,4-9,11H2,1-3H3. The molecule has 1 aromatic rings. The second kappa shape index (κ2) is 7.18. The first-order valence-corrected chi connectivity index (χ1v) is 7.69. The van der Waals surface area contributed by atoms with Gasteiger partial charge >= 0.3 is 0 Å². The Kier molecular flexibility index (Phi) is 5.53. The Morgan fingerprint density at radius 2 is 2.05 bits per heavy atom. The first-order chi connectivity index (χ1) is 9.94. The van der Waals surface area contributed by atoms with Crippen LogP contribution in [0.4, 0.5) is 4.39 Å². The van der Waals surface area contributed by atoms with Crippen molar-refractivity contribution in [3.8, 4) is 5.88 Å². The fraction of sp³-hybridized carbons (Fsp3) is 0.688. The van der Waals surface area contributed by atoms with E-state index in [2.05, 4.69) is 36.0 Å². The van der Waals surface area contributed by atoms with Crippen LogP contribution in [-0.2, 0) is 6.54 Å². The molecular formula is C16H26FN3O. The number of likely N-dealkylation sites (tertiary alicyclic amines) is 1. The normalized spacial score (nSPS) is 16.4. The van der Waals surface area contributed by atoms with Crippen molar-refractivity contribution in [1.82, 2.24) is 15.2 Å². The molecule has 2 heterocycles. The largest absolute Gasteiger partial charge is 0.476 e. The minimum atomic E-state index is -0.326. The van der Waals surface area contributed by atoms with Crippen molar-refractivity contribution in [2.24, 2.45) is 0 Å². The Balaban J connectivity index is 1.90. The van der Waals surface area contributed by atoms with Gasteiger partial charge in [0.1, 0.15) is 12.4 Å². The summed E-state index contributed by atoms with van der Waals surface area (Å²) in [4.78, 5) is 6.47. The molecule has 1 saturated heterocycles. The average molecular weight is 295 g/mol. The number of rotatable bonds is 6. The Labute approximate surface area is 126 Å². The number of halogens is 1. The lowest BCUT2D eigenvalue weighted by Gasteiger charge is -2.21. The summed E-state index contributed by atoms with van der Waals surface area (Å²) >= 11 is 0. The zero-order chi connectivity index (χ0) is 15.3. The maximum absolute atomic E-state index is 13.4. The molecule has 0 saturated carbocycles. The molecule has 0 amide bonds. The van der Waals surface area contributed by atoms with Crippen LogP contribution in [0.3, 0.4) is 0 Å². The quantitative estimate of drug-likeness (QED) is 0.875. The third kappa shape index (κ3) is 5.59. The van der Waals surface area contributed by atoms with E-state index in [1.165, 1.54) is 25.1 Å². The molecular weight excluding hydrogens is 269 g/mol. The fourth-order valence-corrected chi connectivity index (χ4v) is 2.36. The molecule has 0 unspecified atom stereocenters. The summed E-state index contributed by atoms with van der Waals surface area (Å²) in [6.45, 7) is 10.6. The predicted octanol–water partition coefficient (Wildman–Crippen LogP) is 2.58. The van der Waals surface area contributed by atoms with E-state index in [9.17, 15) is 4.39 Å². The van der Waals surface area contributed by atoms with Crippen LogP contribution in [0.5, 0.6) is 5.88 Å². The van der Waals surface area contributed by atoms with Crippen molar-refractivity contribution >= 4 is 0 Å². The van der Waals surface area contributed by atoms with Crippen LogP contribution in [0.2, 0.25) is 0 Å². The Bertz CT molecular complexity index is 453. The second-order valence-corrected chi connectivity index (χ2v) is 6.62. The highest BCUT2D eigenvalue weighted by Gasteiger charge is 2.14. The third-order valence-corrected chi connectivity index (χ3v) is 3.55. The Morgan fingerprint density at radius 1 is 1.33 bits per heavy atom. The number of aromatic nitrogens is 1. The van der Waals surface area contributed by atoms with Crippen molar-refractivity contribution in [1.29, 1.82) is 0 Å². The van der Waals surface area contributed by atoms with Crippen molar-refractivity contribution < 1.29 is 9.13 Å². The summed E-state index contributed by atoms with van der Waals surface area (Å²) < 4.78 is 19.1. The van der Waals surface area contributed by atoms with Crippen LogP contribution < -0.4 is 10.1 Å². The maximum atomic E-state index is 13.4. The van der Waals surface area contributed by atoms with E-state index in [0.29, 0.717) is 19.0 Å². The smallest absolute Gasteiger partial charge is 0.218 e. The lowest BCUT2D eigenvalue weighted by atomic mass is 10.1. The highest BCUT2D eigenvalue weighted by atomic mass is 19.1. The number of ether oxygens (including phenoxy) is 1. The molecule has 0 bridgehead atoms. The van der Waals surface area contributed by atoms with E-state index < -0.39 is 0 Å². The van der Waals surface area contributed by atoms with Crippen LogP contribution in [0, 0.1) is 5.82 Å². The van der Waals surface area contributed by atoms with Gasteiger partial charge in [0.05, 0.1) is 6.20 Å². The highest BCUT2D eigenvalue weighted by Crippen LogP contribution is 2.17. The van der Waals surface area contributed by atoms with Gasteiger partial charge in [0.25, 0.3) is 0 Å². The first kappa shape index (κ1) is 16.2. The molecule has 4 nitrogen and oxygen atoms in total. The van der Waals surface area contributed by atoms with Gasteiger partial charge in [-0.25, -0.2) is 9.37 Å². The van der Waals surface area contributed by atoms with Gasteiger partial charge in [0, 0.05) is 24.2 Å². The summed E-state index contributed by atoms with van der Waals surface area (Å²) in [5.41, 5.74) is 0.741. The molecule has 1 aliphatic heterocycles. The number of hydrogen-bond acceptors (Lipinski definition) is 4. The van der Waals surface area contributed by atoms with Crippen LogP contribution >= 0.6 is 0 Å². The molecule has 118 valence electrons. The minimum Gasteiger partial charge on any atom is -0.476 e. The van der Waals surface area contributed by atoms with Gasteiger partial charge in [-0.3, -0.25) is 4.90 Å². The predicted molar refractivity (Wildman–Crippen MR) is 82.0 cm³/mol. The summed E-state index contributed by atoms with van der Waals surface area (Å²) in [7, 11) is 0. The van der Waals surface area contributed by atoms with Gasteiger partial charge in [-0.15, -0.1) is 0 Å². The van der Waals surface area contributed by atoms with E-state index in [1.807, 2.05) is 0 Å². The van der Waals surface area contributed by atoms with E-state index in [-0.39, 0.29) is 11.4 Å². The molecule has 0 aliphatic carbocycles. The topological polar surface area (TPSA) is 37.4 Å². The zero-order valence-electron chi connectivity index (χ0n) is 13.3. The molecule has 2 rings (SSSR count). The van der Waals surface area contributed by atoms with Crippen molar-refractivity contribution in [2.45, 2.75) is 45.7 Å². The number of nitrogens with one attached hydrogen (secondary N) is 1. The SMILES string of the molecule is CC(C)(C)NCc1cc(F)cnc1OCCN1CCCC1. The van der Waals surface area contributed by atoms with Crippen LogP contribution in [0.15, 0.2) is 12.3 Å². The van der Waals surface area contributed by atoms with Gasteiger partial charge < -0.3 is 10.1 Å². The molecule has 0 aromatic carbocycles. The van der Waals surface area contributed by atoms with E-state index >= 15 is 0 Å². The molecule has 0 atom stereocenters. The fourth-order valence-electron chi connectivity index (χ4n) is 2.36. The number of pyridine rings is 1. The Hall–Kier alpha value is -1.20. The molecule has 1 aromatic heterocycles. The lowest BCUT2D eigenvalue weighted by Crippen LogP contribution is -2.35. The van der Waals surface area contributed by atoms with Gasteiger partial charge in [-0.1, -0.05) is 0 Å². The first-order valence-electron chi connectivity index (χ1n) is 7.69. The molecule has 1 fully saturated rings. The summed E-state index contributed by atoms with van der Waals surface area (Å²) in [5.74, 6) is 0.208. The Morgan fingerprint density at radius 3 is 2.71 bits per heavy atom. The molecule has 1 aliphatic rings. The summed E-state index contributed by atoms with van der Waals surface area (Å²) in [6.07, 6.45) is 3.76. The monoisotopic (exact) mass is 295 g/mol. The summed E-state index contributed by atoms with van der Waals surface area (Å²) in [5, 5.41) is 3.34. The molecule has 21 heavy (non-hydrogen) atoms. The van der Waals surface area contributed by atoms with Gasteiger partial charge in [-0.05, 0) is 52.8 Å². The molecule has 0 radical (unpaired) electrons. The maximum Gasteiger partial charge on any atom is 0.218 e. The van der Waals surface area contributed by atoms with Crippen molar-refractivity contribution in [3.63, 3.8) is 0 Å². The van der Waals surface area contributed by atoms with E-state index in [1.54, 1.807) is 0 Å². The number of hydrogen-bond donors (Lipinski definition) is 1. The van der Waals surface area contributed by atoms with Crippen LogP contribution in [-0.4, -0.2) is 41.7 Å². The average Bonchev–Trinajstić information content (AvgIpc) is 2.91. The van der Waals surface area contributed by atoms with Crippen LogP contribution in [0.25, 0.3) is 0 Å². The molecule has 1 N–H and O–H groups in total. The lowest BCUT2D eigenvalue weighted by molar-refractivity contribution is 0.229. The van der Waals surface area contributed by atoms with Gasteiger partial charge in [-0.2, -0.15) is 0 Å². The second-order valence-electron chi connectivity index (χ2n) is 6.62. The van der Waals surface area contributed by atoms with E-state index in [0.717, 1.165) is 25.2 Å². The molecule has 0 spiro atoms. The van der Waals surface area contributed by atoms with Gasteiger partial charge in [0.2, 0.25) is 5.88 Å². The zero-order valence-corrected chi connectivity index (χ0v) is 13.3. The van der Waals surface area contributed by atoms with E-state index in [4.69, 9.17) is 4.74 Å². The van der Waals surface area contributed by atoms with Gasteiger partial charge in [0.15, 0.2) is 0 Å². The third-order valence-electron chi connectivity index (χ3n) is 3.55.